The van der Waals surface area contributed by atoms with Crippen molar-refractivity contribution in [3.8, 4) is 0 Å². The van der Waals surface area contributed by atoms with Gasteiger partial charge in [-0.15, -0.1) is 0 Å². The lowest BCUT2D eigenvalue weighted by Crippen LogP contribution is -2.31. The summed E-state index contributed by atoms with van der Waals surface area (Å²) in [6.45, 7) is 17.4. The molecule has 1 rings (SSSR count). The van der Waals surface area contributed by atoms with Crippen molar-refractivity contribution < 1.29 is 19.1 Å². The Morgan fingerprint density at radius 3 is 1.31 bits per heavy atom. The third-order valence-corrected chi connectivity index (χ3v) is 7.25. The number of esters is 2. The van der Waals surface area contributed by atoms with Crippen LogP contribution in [0.2, 0.25) is 0 Å². The third-order valence-electron chi connectivity index (χ3n) is 7.25. The second-order valence-corrected chi connectivity index (χ2v) is 11.3. The molecule has 0 bridgehead atoms. The average Bonchev–Trinajstić information content (AvgIpc) is 2.84. The maximum atomic E-state index is 13.4. The van der Waals surface area contributed by atoms with Crippen molar-refractivity contribution in [2.75, 3.05) is 0 Å². The first kappa shape index (κ1) is 32.2. The van der Waals surface area contributed by atoms with E-state index >= 15 is 0 Å². The van der Waals surface area contributed by atoms with Gasteiger partial charge in [-0.2, -0.15) is 0 Å². The molecule has 0 N–H and O–H groups in total. The molecule has 0 saturated heterocycles. The van der Waals surface area contributed by atoms with Crippen LogP contribution in [0.3, 0.4) is 0 Å². The highest BCUT2D eigenvalue weighted by molar-refractivity contribution is 6.03. The van der Waals surface area contributed by atoms with Crippen LogP contribution in [0.15, 0.2) is 24.3 Å². The molecule has 0 aromatic heterocycles. The summed E-state index contributed by atoms with van der Waals surface area (Å²) >= 11 is 0. The Hall–Kier alpha value is -1.84. The summed E-state index contributed by atoms with van der Waals surface area (Å²) in [6.07, 6.45) is 9.91. The summed E-state index contributed by atoms with van der Waals surface area (Å²) in [7, 11) is 0. The van der Waals surface area contributed by atoms with Gasteiger partial charge in [0.15, 0.2) is 0 Å². The fourth-order valence-electron chi connectivity index (χ4n) is 5.08. The Morgan fingerprint density at radius 2 is 1.03 bits per heavy atom. The molecule has 206 valence electrons. The number of ether oxygens (including phenoxy) is 2. The Balaban J connectivity index is 3.15. The van der Waals surface area contributed by atoms with Gasteiger partial charge in [-0.25, -0.2) is 9.59 Å². The van der Waals surface area contributed by atoms with Gasteiger partial charge in [-0.1, -0.05) is 93.2 Å². The normalized spacial score (nSPS) is 14.9. The first-order valence-corrected chi connectivity index (χ1v) is 14.7. The molecule has 1 aromatic rings. The number of unbranched alkanes of at least 4 members (excludes halogenated alkanes) is 2. The molecule has 0 amide bonds. The van der Waals surface area contributed by atoms with Crippen molar-refractivity contribution in [2.45, 2.75) is 132 Å². The highest BCUT2D eigenvalue weighted by Crippen LogP contribution is 2.28. The number of carbonyl (C=O) groups excluding carboxylic acids is 2. The Morgan fingerprint density at radius 1 is 0.667 bits per heavy atom. The van der Waals surface area contributed by atoms with Crippen LogP contribution < -0.4 is 0 Å². The number of carbonyl (C=O) groups is 2. The number of rotatable bonds is 18. The van der Waals surface area contributed by atoms with E-state index in [-0.39, 0.29) is 12.2 Å². The molecule has 0 fully saturated rings. The van der Waals surface area contributed by atoms with E-state index < -0.39 is 11.9 Å². The topological polar surface area (TPSA) is 52.6 Å². The molecule has 4 atom stereocenters. The molecule has 4 unspecified atom stereocenters. The zero-order chi connectivity index (χ0) is 27.1. The molecular weight excluding hydrogens is 448 g/mol. The van der Waals surface area contributed by atoms with E-state index in [1.165, 1.54) is 0 Å². The molecule has 36 heavy (non-hydrogen) atoms. The lowest BCUT2D eigenvalue weighted by atomic mass is 9.88. The summed E-state index contributed by atoms with van der Waals surface area (Å²) in [6, 6.07) is 6.98. The minimum Gasteiger partial charge on any atom is -0.458 e. The molecule has 0 radical (unpaired) electrons. The Bertz CT molecular complexity index is 691. The van der Waals surface area contributed by atoms with Crippen molar-refractivity contribution in [1.82, 2.24) is 0 Å². The number of hydrogen-bond donors (Lipinski definition) is 0. The minimum absolute atomic E-state index is 0.148. The van der Waals surface area contributed by atoms with E-state index in [9.17, 15) is 9.59 Å². The molecule has 0 aliphatic carbocycles. The van der Waals surface area contributed by atoms with Gasteiger partial charge in [-0.05, 0) is 74.3 Å². The Kier molecular flexibility index (Phi) is 15.7. The van der Waals surface area contributed by atoms with Crippen molar-refractivity contribution >= 4 is 11.9 Å². The highest BCUT2D eigenvalue weighted by Gasteiger charge is 2.30. The average molecular weight is 503 g/mol. The minimum atomic E-state index is -0.415. The second-order valence-electron chi connectivity index (χ2n) is 11.3. The fraction of sp³-hybridized carbons (Fsp3) is 0.750. The van der Waals surface area contributed by atoms with Gasteiger partial charge in [0.2, 0.25) is 0 Å². The van der Waals surface area contributed by atoms with Crippen LogP contribution >= 0.6 is 0 Å². The molecule has 0 heterocycles. The summed E-state index contributed by atoms with van der Waals surface area (Å²) in [5.41, 5.74) is 0.623. The van der Waals surface area contributed by atoms with Crippen LogP contribution in [0, 0.1) is 23.7 Å². The zero-order valence-electron chi connectivity index (χ0n) is 24.5. The first-order valence-electron chi connectivity index (χ1n) is 14.7. The monoisotopic (exact) mass is 502 g/mol. The van der Waals surface area contributed by atoms with Gasteiger partial charge in [0.05, 0.1) is 11.1 Å². The van der Waals surface area contributed by atoms with E-state index in [0.717, 1.165) is 64.2 Å². The lowest BCUT2D eigenvalue weighted by molar-refractivity contribution is 0.000229. The maximum absolute atomic E-state index is 13.4. The van der Waals surface area contributed by atoms with Gasteiger partial charge in [-0.3, -0.25) is 0 Å². The molecule has 0 saturated carbocycles. The molecule has 4 heteroatoms. The van der Waals surface area contributed by atoms with Gasteiger partial charge >= 0.3 is 11.9 Å². The van der Waals surface area contributed by atoms with Crippen LogP contribution in [-0.2, 0) is 9.47 Å². The standard InChI is InChI=1S/C32H54O4/c1-9-13-17-25(11-3)29(21-23(5)6)35-31(33)27-19-15-16-20-28(27)32(34)36-30(22-24(7)8)26(12-4)18-14-10-2/h15-16,19-20,23-26,29-30H,9-14,17-18,21-22H2,1-8H3. The van der Waals surface area contributed by atoms with Crippen molar-refractivity contribution in [3.63, 3.8) is 0 Å². The molecule has 0 spiro atoms. The molecular formula is C32H54O4. The van der Waals surface area contributed by atoms with Crippen molar-refractivity contribution in [2.24, 2.45) is 23.7 Å². The fourth-order valence-corrected chi connectivity index (χ4v) is 5.08. The predicted molar refractivity (Wildman–Crippen MR) is 150 cm³/mol. The summed E-state index contributed by atoms with van der Waals surface area (Å²) in [5, 5.41) is 0. The number of hydrogen-bond acceptors (Lipinski definition) is 4. The van der Waals surface area contributed by atoms with E-state index in [1.54, 1.807) is 24.3 Å². The van der Waals surface area contributed by atoms with Crippen LogP contribution in [0.1, 0.15) is 140 Å². The van der Waals surface area contributed by atoms with Crippen LogP contribution in [-0.4, -0.2) is 24.1 Å². The SMILES string of the molecule is CCCCC(CC)C(CC(C)C)OC(=O)c1ccccc1C(=O)OC(CC(C)C)C(CC)CCCC. The van der Waals surface area contributed by atoms with E-state index in [0.29, 0.717) is 34.8 Å². The molecule has 0 aliphatic rings. The predicted octanol–water partition coefficient (Wildman–Crippen LogP) is 9.26. The van der Waals surface area contributed by atoms with E-state index in [4.69, 9.17) is 9.47 Å². The Labute approximate surface area is 221 Å². The van der Waals surface area contributed by atoms with Gasteiger partial charge in [0.1, 0.15) is 12.2 Å². The molecule has 1 aromatic carbocycles. The van der Waals surface area contributed by atoms with Gasteiger partial charge < -0.3 is 9.47 Å². The summed E-state index contributed by atoms with van der Waals surface area (Å²) in [5.74, 6) is 0.668. The van der Waals surface area contributed by atoms with Crippen LogP contribution in [0.25, 0.3) is 0 Å². The van der Waals surface area contributed by atoms with E-state index in [2.05, 4.69) is 55.4 Å². The summed E-state index contributed by atoms with van der Waals surface area (Å²) < 4.78 is 12.3. The van der Waals surface area contributed by atoms with Crippen molar-refractivity contribution in [3.05, 3.63) is 35.4 Å². The van der Waals surface area contributed by atoms with Gasteiger partial charge in [0, 0.05) is 0 Å². The quantitative estimate of drug-likeness (QED) is 0.188. The van der Waals surface area contributed by atoms with E-state index in [1.807, 2.05) is 0 Å². The first-order chi connectivity index (χ1) is 17.2. The zero-order valence-corrected chi connectivity index (χ0v) is 24.5. The van der Waals surface area contributed by atoms with Crippen LogP contribution in [0.5, 0.6) is 0 Å². The lowest BCUT2D eigenvalue weighted by Gasteiger charge is -2.29. The summed E-state index contributed by atoms with van der Waals surface area (Å²) in [4.78, 5) is 26.8. The molecule has 0 aliphatic heterocycles. The largest absolute Gasteiger partial charge is 0.458 e. The van der Waals surface area contributed by atoms with Gasteiger partial charge in [0.25, 0.3) is 0 Å². The van der Waals surface area contributed by atoms with Crippen LogP contribution in [0.4, 0.5) is 0 Å². The highest BCUT2D eigenvalue weighted by atomic mass is 16.6. The smallest absolute Gasteiger partial charge is 0.339 e. The van der Waals surface area contributed by atoms with Crippen molar-refractivity contribution in [1.29, 1.82) is 0 Å². The third kappa shape index (κ3) is 11.0. The second kappa shape index (κ2) is 17.6. The number of benzene rings is 1. The molecule has 4 nitrogen and oxygen atoms in total. The maximum Gasteiger partial charge on any atom is 0.339 e.